The van der Waals surface area contributed by atoms with Crippen LogP contribution in [0, 0.1) is 0 Å². The third kappa shape index (κ3) is 2.42. The predicted molar refractivity (Wildman–Crippen MR) is 50.3 cm³/mol. The van der Waals surface area contributed by atoms with Crippen molar-refractivity contribution in [3.05, 3.63) is 0 Å². The van der Waals surface area contributed by atoms with Gasteiger partial charge in [-0.1, -0.05) is 0 Å². The van der Waals surface area contributed by atoms with Crippen LogP contribution in [0.1, 0.15) is 38.5 Å². The monoisotopic (exact) mass is 185 g/mol. The number of rotatable bonds is 2. The highest BCUT2D eigenvalue weighted by Gasteiger charge is 2.31. The summed E-state index contributed by atoms with van der Waals surface area (Å²) in [5.41, 5.74) is 5.80. The van der Waals surface area contributed by atoms with E-state index < -0.39 is 0 Å². The van der Waals surface area contributed by atoms with E-state index in [4.69, 9.17) is 15.6 Å². The summed E-state index contributed by atoms with van der Waals surface area (Å²) in [6.07, 6.45) is 6.72. The molecule has 0 bridgehead atoms. The van der Waals surface area contributed by atoms with Crippen LogP contribution in [0.5, 0.6) is 0 Å². The first-order chi connectivity index (χ1) is 6.24. The van der Waals surface area contributed by atoms with Gasteiger partial charge >= 0.3 is 0 Å². The van der Waals surface area contributed by atoms with Crippen molar-refractivity contribution in [2.45, 2.75) is 62.9 Å². The van der Waals surface area contributed by atoms with E-state index in [1.54, 1.807) is 0 Å². The predicted octanol–water partition coefficient (Wildman–Crippen LogP) is 0.796. The van der Waals surface area contributed by atoms with Crippen molar-refractivity contribution in [1.82, 2.24) is 0 Å². The number of aliphatic hydroxyl groups is 1. The molecule has 2 rings (SSSR count). The maximum atomic E-state index is 9.09. The van der Waals surface area contributed by atoms with E-state index in [0.29, 0.717) is 18.2 Å². The lowest BCUT2D eigenvalue weighted by molar-refractivity contribution is -0.112. The molecule has 3 N–H and O–H groups in total. The molecule has 0 aromatic heterocycles. The van der Waals surface area contributed by atoms with Crippen molar-refractivity contribution in [2.24, 2.45) is 5.73 Å². The zero-order valence-electron chi connectivity index (χ0n) is 7.98. The van der Waals surface area contributed by atoms with E-state index in [0.717, 1.165) is 38.5 Å². The number of hydrogen-bond acceptors (Lipinski definition) is 3. The van der Waals surface area contributed by atoms with Crippen LogP contribution in [-0.4, -0.2) is 29.5 Å². The Morgan fingerprint density at radius 3 is 2.15 bits per heavy atom. The molecule has 0 spiro atoms. The third-order valence-electron chi connectivity index (χ3n) is 3.17. The molecule has 0 aliphatic heterocycles. The van der Waals surface area contributed by atoms with Crippen LogP contribution in [0.15, 0.2) is 0 Å². The van der Waals surface area contributed by atoms with Gasteiger partial charge in [-0.05, 0) is 38.5 Å². The largest absolute Gasteiger partial charge is 0.393 e. The molecule has 0 heterocycles. The summed E-state index contributed by atoms with van der Waals surface area (Å²) in [5, 5.41) is 9.09. The average Bonchev–Trinajstić information content (AvgIpc) is 2.06. The second-order valence-corrected chi connectivity index (χ2v) is 4.42. The van der Waals surface area contributed by atoms with Gasteiger partial charge in [-0.25, -0.2) is 0 Å². The first-order valence-corrected chi connectivity index (χ1v) is 5.33. The van der Waals surface area contributed by atoms with Gasteiger partial charge in [-0.15, -0.1) is 0 Å². The van der Waals surface area contributed by atoms with Gasteiger partial charge in [0, 0.05) is 6.04 Å². The minimum atomic E-state index is -0.101. The maximum Gasteiger partial charge on any atom is 0.0628 e. The van der Waals surface area contributed by atoms with Crippen LogP contribution >= 0.6 is 0 Å². The Labute approximate surface area is 79.3 Å². The van der Waals surface area contributed by atoms with Crippen molar-refractivity contribution in [2.75, 3.05) is 0 Å². The summed E-state index contributed by atoms with van der Waals surface area (Å²) in [5.74, 6) is 0. The molecule has 0 aromatic rings. The van der Waals surface area contributed by atoms with Crippen LogP contribution in [-0.2, 0) is 4.74 Å². The first kappa shape index (κ1) is 9.44. The summed E-state index contributed by atoms with van der Waals surface area (Å²) in [4.78, 5) is 0. The quantitative estimate of drug-likeness (QED) is 0.669. The lowest BCUT2D eigenvalue weighted by Crippen LogP contribution is -2.40. The van der Waals surface area contributed by atoms with Crippen LogP contribution in [0.2, 0.25) is 0 Å². The van der Waals surface area contributed by atoms with Crippen molar-refractivity contribution in [1.29, 1.82) is 0 Å². The average molecular weight is 185 g/mol. The Morgan fingerprint density at radius 1 is 1.00 bits per heavy atom. The van der Waals surface area contributed by atoms with Crippen LogP contribution in [0.3, 0.4) is 0 Å². The van der Waals surface area contributed by atoms with Crippen molar-refractivity contribution < 1.29 is 9.84 Å². The second-order valence-electron chi connectivity index (χ2n) is 4.42. The summed E-state index contributed by atoms with van der Waals surface area (Å²) in [6.45, 7) is 0. The van der Waals surface area contributed by atoms with Gasteiger partial charge in [0.05, 0.1) is 18.3 Å². The van der Waals surface area contributed by atoms with Crippen LogP contribution in [0.4, 0.5) is 0 Å². The summed E-state index contributed by atoms with van der Waals surface area (Å²) in [6, 6.07) is 0.395. The maximum absolute atomic E-state index is 9.09. The molecule has 0 saturated heterocycles. The SMILES string of the molecule is NC1CCC(O[C@H]2C[C@@H](O)C2)CC1. The van der Waals surface area contributed by atoms with E-state index in [1.807, 2.05) is 0 Å². The number of aliphatic hydroxyl groups excluding tert-OH is 1. The summed E-state index contributed by atoms with van der Waals surface area (Å²) >= 11 is 0. The van der Waals surface area contributed by atoms with E-state index >= 15 is 0 Å². The molecular weight excluding hydrogens is 166 g/mol. The fourth-order valence-corrected chi connectivity index (χ4v) is 2.15. The standard InChI is InChI=1S/C10H19NO2/c11-7-1-3-9(4-2-7)13-10-5-8(12)6-10/h7-10,12H,1-6,11H2/t7?,8-,9?,10+. The molecule has 0 radical (unpaired) electrons. The Morgan fingerprint density at radius 2 is 1.62 bits per heavy atom. The van der Waals surface area contributed by atoms with E-state index in [9.17, 15) is 0 Å². The lowest BCUT2D eigenvalue weighted by atomic mass is 9.90. The molecule has 0 aromatic carbocycles. The number of nitrogens with two attached hydrogens (primary N) is 1. The highest BCUT2D eigenvalue weighted by atomic mass is 16.5. The minimum Gasteiger partial charge on any atom is -0.393 e. The van der Waals surface area contributed by atoms with Crippen molar-refractivity contribution in [3.63, 3.8) is 0 Å². The Bertz CT molecular complexity index is 160. The minimum absolute atomic E-state index is 0.101. The summed E-state index contributed by atoms with van der Waals surface area (Å²) < 4.78 is 5.83. The zero-order valence-corrected chi connectivity index (χ0v) is 7.98. The van der Waals surface area contributed by atoms with Crippen molar-refractivity contribution in [3.8, 4) is 0 Å². The molecule has 2 aliphatic carbocycles. The Kier molecular flexibility index (Phi) is 2.86. The third-order valence-corrected chi connectivity index (χ3v) is 3.17. The molecule has 2 saturated carbocycles. The lowest BCUT2D eigenvalue weighted by Gasteiger charge is -2.36. The number of hydrogen-bond donors (Lipinski definition) is 2. The smallest absolute Gasteiger partial charge is 0.0628 e. The van der Waals surface area contributed by atoms with Gasteiger partial charge < -0.3 is 15.6 Å². The molecule has 3 nitrogen and oxygen atoms in total. The van der Waals surface area contributed by atoms with Gasteiger partial charge in [-0.3, -0.25) is 0 Å². The van der Waals surface area contributed by atoms with Gasteiger partial charge in [-0.2, -0.15) is 0 Å². The molecule has 2 aliphatic rings. The highest BCUT2D eigenvalue weighted by molar-refractivity contribution is 4.82. The molecular formula is C10H19NO2. The Hall–Kier alpha value is -0.120. The van der Waals surface area contributed by atoms with Gasteiger partial charge in [0.25, 0.3) is 0 Å². The second kappa shape index (κ2) is 3.95. The van der Waals surface area contributed by atoms with Gasteiger partial charge in [0.1, 0.15) is 0 Å². The molecule has 76 valence electrons. The highest BCUT2D eigenvalue weighted by Crippen LogP contribution is 2.28. The molecule has 0 atom stereocenters. The first-order valence-electron chi connectivity index (χ1n) is 5.33. The van der Waals surface area contributed by atoms with Crippen LogP contribution in [0.25, 0.3) is 0 Å². The number of ether oxygens (including phenoxy) is 1. The molecule has 0 unspecified atom stereocenters. The normalized spacial score (nSPS) is 45.7. The van der Waals surface area contributed by atoms with E-state index in [1.165, 1.54) is 0 Å². The fourth-order valence-electron chi connectivity index (χ4n) is 2.15. The Balaban J connectivity index is 1.65. The van der Waals surface area contributed by atoms with E-state index in [2.05, 4.69) is 0 Å². The van der Waals surface area contributed by atoms with Crippen molar-refractivity contribution >= 4 is 0 Å². The molecule has 3 heteroatoms. The van der Waals surface area contributed by atoms with Gasteiger partial charge in [0.2, 0.25) is 0 Å². The van der Waals surface area contributed by atoms with Crippen LogP contribution < -0.4 is 5.73 Å². The molecule has 13 heavy (non-hydrogen) atoms. The topological polar surface area (TPSA) is 55.5 Å². The summed E-state index contributed by atoms with van der Waals surface area (Å²) in [7, 11) is 0. The van der Waals surface area contributed by atoms with E-state index in [-0.39, 0.29) is 6.10 Å². The molecule has 2 fully saturated rings. The molecule has 0 amide bonds. The van der Waals surface area contributed by atoms with Gasteiger partial charge in [0.15, 0.2) is 0 Å². The zero-order chi connectivity index (χ0) is 9.26. The fraction of sp³-hybridized carbons (Fsp3) is 1.00.